The summed E-state index contributed by atoms with van der Waals surface area (Å²) < 4.78 is 0. The molecule has 14 aromatic rings. The van der Waals surface area contributed by atoms with Crippen LogP contribution in [0, 0.1) is 0 Å². The summed E-state index contributed by atoms with van der Waals surface area (Å²) in [4.78, 5) is 0. The highest BCUT2D eigenvalue weighted by atomic mass is 14.3. The van der Waals surface area contributed by atoms with Crippen LogP contribution in [0.4, 0.5) is 0 Å². The predicted octanol–water partition coefficient (Wildman–Crippen LogP) is 16.6. The van der Waals surface area contributed by atoms with Gasteiger partial charge in [-0.05, 0) is 165 Å². The molecule has 0 fully saturated rings. The molecule has 0 radical (unpaired) electrons. The molecule has 0 saturated carbocycles. The van der Waals surface area contributed by atoms with Gasteiger partial charge in [-0.3, -0.25) is 0 Å². The zero-order chi connectivity index (χ0) is 37.6. The number of rotatable bonds is 0. The molecule has 0 heterocycles. The van der Waals surface area contributed by atoms with Gasteiger partial charge in [0.1, 0.15) is 0 Å². The molecule has 14 aromatic carbocycles. The molecule has 0 atom stereocenters. The Labute approximate surface area is 333 Å². The molecule has 0 unspecified atom stereocenters. The van der Waals surface area contributed by atoms with Crippen molar-refractivity contribution in [3.05, 3.63) is 194 Å². The standard InChI is InChI=1S/C34H18.C24H14/c1-2-9-22-21(8-1)24-12-5-13-25-23-15-14-20-16-29-26-10-3-6-19-7-4-11-27(33(19)26)31(29)17-28(20)30(23)18-32(22)34(24)25;1-2-7-16-15(6-1)12-13-19-21-11-5-10-20-17-8-3-4-9-18(17)23(24(20)21)14-22(16)19/h1-18H;1-14H. The molecule has 0 heteroatoms. The lowest BCUT2D eigenvalue weighted by Crippen LogP contribution is -1.82. The van der Waals surface area contributed by atoms with Gasteiger partial charge in [-0.2, -0.15) is 0 Å². The number of benzene rings is 12. The highest BCUT2D eigenvalue weighted by molar-refractivity contribution is 6.38. The second-order valence-corrected chi connectivity index (χ2v) is 16.3. The molecule has 0 nitrogen and oxygen atoms in total. The molecule has 1 aliphatic carbocycles. The molecule has 15 rings (SSSR count). The minimum atomic E-state index is 1.30. The van der Waals surface area contributed by atoms with E-state index in [4.69, 9.17) is 0 Å². The van der Waals surface area contributed by atoms with Crippen molar-refractivity contribution < 1.29 is 0 Å². The molecule has 0 spiro atoms. The molecule has 0 amide bonds. The van der Waals surface area contributed by atoms with E-state index in [9.17, 15) is 0 Å². The van der Waals surface area contributed by atoms with Crippen molar-refractivity contribution in [2.75, 3.05) is 0 Å². The monoisotopic (exact) mass is 728 g/mol. The third-order valence-electron chi connectivity index (χ3n) is 13.5. The molecule has 264 valence electrons. The Morgan fingerprint density at radius 1 is 0.155 bits per heavy atom. The summed E-state index contributed by atoms with van der Waals surface area (Å²) in [6.07, 6.45) is 0. The lowest BCUT2D eigenvalue weighted by atomic mass is 9.93. The van der Waals surface area contributed by atoms with Crippen molar-refractivity contribution in [1.29, 1.82) is 0 Å². The van der Waals surface area contributed by atoms with Gasteiger partial charge in [0.05, 0.1) is 0 Å². The van der Waals surface area contributed by atoms with Crippen molar-refractivity contribution in [2.45, 2.75) is 0 Å². The van der Waals surface area contributed by atoms with Crippen LogP contribution in [0.15, 0.2) is 194 Å². The molecule has 58 heavy (non-hydrogen) atoms. The van der Waals surface area contributed by atoms with Crippen LogP contribution in [0.3, 0.4) is 0 Å². The Balaban J connectivity index is 0.000000123. The molecule has 1 aliphatic rings. The fraction of sp³-hybridized carbons (Fsp3) is 0. The highest BCUT2D eigenvalue weighted by Gasteiger charge is 2.23. The van der Waals surface area contributed by atoms with E-state index in [1.807, 2.05) is 0 Å². The van der Waals surface area contributed by atoms with Crippen molar-refractivity contribution in [2.24, 2.45) is 0 Å². The summed E-state index contributed by atoms with van der Waals surface area (Å²) in [5.74, 6) is 0. The summed E-state index contributed by atoms with van der Waals surface area (Å²) in [6.45, 7) is 0. The second-order valence-electron chi connectivity index (χ2n) is 16.3. The fourth-order valence-corrected chi connectivity index (χ4v) is 11.1. The third-order valence-corrected chi connectivity index (χ3v) is 13.5. The number of fused-ring (bicyclic) bond motifs is 17. The van der Waals surface area contributed by atoms with E-state index < -0.39 is 0 Å². The quantitative estimate of drug-likeness (QED) is 0.136. The SMILES string of the molecule is c1ccc2c(c1)-c1cccc3c1c-2cc1c2ccccc2ccc31.c1ccc2c(c1)c1cccc3c4ccc5cc6c(cc5c4cc2c31)c1cccc2cccc6c21. The topological polar surface area (TPSA) is 0 Å². The fourth-order valence-electron chi connectivity index (χ4n) is 11.1. The van der Waals surface area contributed by atoms with Gasteiger partial charge in [0.25, 0.3) is 0 Å². The first-order valence-corrected chi connectivity index (χ1v) is 20.3. The van der Waals surface area contributed by atoms with E-state index in [2.05, 4.69) is 194 Å². The zero-order valence-corrected chi connectivity index (χ0v) is 31.5. The molecular formula is C58H32. The van der Waals surface area contributed by atoms with Gasteiger partial charge < -0.3 is 0 Å². The maximum atomic E-state index is 2.45. The summed E-state index contributed by atoms with van der Waals surface area (Å²) >= 11 is 0. The van der Waals surface area contributed by atoms with Crippen molar-refractivity contribution >= 4 is 118 Å². The number of hydrogen-bond acceptors (Lipinski definition) is 0. The van der Waals surface area contributed by atoms with Gasteiger partial charge in [-0.25, -0.2) is 0 Å². The van der Waals surface area contributed by atoms with Gasteiger partial charge in [-0.1, -0.05) is 170 Å². The first-order valence-electron chi connectivity index (χ1n) is 20.3. The van der Waals surface area contributed by atoms with Crippen LogP contribution >= 0.6 is 0 Å². The van der Waals surface area contributed by atoms with Crippen LogP contribution in [0.2, 0.25) is 0 Å². The van der Waals surface area contributed by atoms with E-state index in [1.165, 1.54) is 141 Å². The normalized spacial score (nSPS) is 12.5. The van der Waals surface area contributed by atoms with E-state index >= 15 is 0 Å². The first kappa shape index (κ1) is 30.7. The Hall–Kier alpha value is -7.54. The molecule has 0 aliphatic heterocycles. The van der Waals surface area contributed by atoms with Gasteiger partial charge in [0, 0.05) is 0 Å². The zero-order valence-electron chi connectivity index (χ0n) is 31.5. The van der Waals surface area contributed by atoms with Crippen LogP contribution in [-0.2, 0) is 0 Å². The Morgan fingerprint density at radius 3 is 1.33 bits per heavy atom. The Kier molecular flexibility index (Phi) is 5.85. The van der Waals surface area contributed by atoms with E-state index in [-0.39, 0.29) is 0 Å². The molecule has 0 N–H and O–H groups in total. The summed E-state index contributed by atoms with van der Waals surface area (Å²) in [5.41, 5.74) is 5.46. The maximum absolute atomic E-state index is 2.45. The number of hydrogen-bond donors (Lipinski definition) is 0. The second kappa shape index (κ2) is 11.1. The molecular weight excluding hydrogens is 697 g/mol. The Bertz CT molecular complexity index is 4070. The highest BCUT2D eigenvalue weighted by Crippen LogP contribution is 2.50. The summed E-state index contributed by atoms with van der Waals surface area (Å²) in [5, 5.41) is 29.8. The Morgan fingerprint density at radius 2 is 0.586 bits per heavy atom. The van der Waals surface area contributed by atoms with Crippen LogP contribution in [0.1, 0.15) is 0 Å². The first-order chi connectivity index (χ1) is 28.8. The van der Waals surface area contributed by atoms with Gasteiger partial charge >= 0.3 is 0 Å². The predicted molar refractivity (Wildman–Crippen MR) is 252 cm³/mol. The average molecular weight is 729 g/mol. The van der Waals surface area contributed by atoms with E-state index in [0.717, 1.165) is 0 Å². The lowest BCUT2D eigenvalue weighted by molar-refractivity contribution is 1.70. The molecule has 0 bridgehead atoms. The third kappa shape index (κ3) is 3.89. The van der Waals surface area contributed by atoms with Crippen LogP contribution in [0.5, 0.6) is 0 Å². The van der Waals surface area contributed by atoms with Crippen molar-refractivity contribution in [1.82, 2.24) is 0 Å². The minimum Gasteiger partial charge on any atom is -0.0616 e. The van der Waals surface area contributed by atoms with E-state index in [1.54, 1.807) is 0 Å². The van der Waals surface area contributed by atoms with Crippen LogP contribution in [-0.4, -0.2) is 0 Å². The van der Waals surface area contributed by atoms with Gasteiger partial charge in [0.2, 0.25) is 0 Å². The van der Waals surface area contributed by atoms with Crippen LogP contribution < -0.4 is 0 Å². The average Bonchev–Trinajstić information content (AvgIpc) is 3.91. The van der Waals surface area contributed by atoms with Gasteiger partial charge in [0.15, 0.2) is 0 Å². The van der Waals surface area contributed by atoms with Crippen LogP contribution in [0.25, 0.3) is 141 Å². The smallest absolute Gasteiger partial charge is 0.00199 e. The minimum absolute atomic E-state index is 1.30. The summed E-state index contributed by atoms with van der Waals surface area (Å²) in [6, 6.07) is 72.1. The molecule has 0 aromatic heterocycles. The lowest BCUT2D eigenvalue weighted by Gasteiger charge is -2.10. The van der Waals surface area contributed by atoms with Crippen molar-refractivity contribution in [3.63, 3.8) is 0 Å². The van der Waals surface area contributed by atoms with E-state index in [0.29, 0.717) is 0 Å². The molecule has 0 saturated heterocycles. The van der Waals surface area contributed by atoms with Crippen molar-refractivity contribution in [3.8, 4) is 22.3 Å². The maximum Gasteiger partial charge on any atom is -0.00199 e. The summed E-state index contributed by atoms with van der Waals surface area (Å²) in [7, 11) is 0. The largest absolute Gasteiger partial charge is 0.0616 e. The van der Waals surface area contributed by atoms with Gasteiger partial charge in [-0.15, -0.1) is 0 Å².